The number of carbonyl (C=O) groups excluding carboxylic acids is 1. The molecule has 0 unspecified atom stereocenters. The molecule has 0 amide bonds. The van der Waals surface area contributed by atoms with Gasteiger partial charge in [-0.1, -0.05) is 18.6 Å². The van der Waals surface area contributed by atoms with E-state index in [1.807, 2.05) is 0 Å². The lowest BCUT2D eigenvalue weighted by atomic mass is 9.98. The highest BCUT2D eigenvalue weighted by molar-refractivity contribution is 5.75. The van der Waals surface area contributed by atoms with Crippen LogP contribution in [0.1, 0.15) is 39.0 Å². The van der Waals surface area contributed by atoms with E-state index in [1.165, 1.54) is 25.7 Å². The fourth-order valence-corrected chi connectivity index (χ4v) is 1.59. The molecule has 0 aromatic carbocycles. The molecule has 0 saturated carbocycles. The van der Waals surface area contributed by atoms with Crippen LogP contribution in [0.3, 0.4) is 0 Å². The van der Waals surface area contributed by atoms with Crippen molar-refractivity contribution in [3.05, 3.63) is 12.2 Å². The summed E-state index contributed by atoms with van der Waals surface area (Å²) in [6.45, 7) is 1.68. The largest absolute Gasteiger partial charge is 0.300 e. The SMILES string of the molecule is CC(=O)C[C@@H]1C=CCCCC1. The smallest absolute Gasteiger partial charge is 0.130 e. The maximum Gasteiger partial charge on any atom is 0.130 e. The highest BCUT2D eigenvalue weighted by atomic mass is 16.1. The maximum absolute atomic E-state index is 10.8. The van der Waals surface area contributed by atoms with Gasteiger partial charge in [0.25, 0.3) is 0 Å². The van der Waals surface area contributed by atoms with Gasteiger partial charge in [-0.15, -0.1) is 0 Å². The first kappa shape index (κ1) is 8.51. The van der Waals surface area contributed by atoms with Crippen LogP contribution in [0, 0.1) is 5.92 Å². The van der Waals surface area contributed by atoms with Crippen LogP contribution in [0.5, 0.6) is 0 Å². The van der Waals surface area contributed by atoms with Gasteiger partial charge < -0.3 is 4.79 Å². The summed E-state index contributed by atoms with van der Waals surface area (Å²) in [6.07, 6.45) is 10.2. The highest BCUT2D eigenvalue weighted by Crippen LogP contribution is 2.19. The Bertz CT molecular complexity index is 158. The molecule has 1 nitrogen and oxygen atoms in total. The van der Waals surface area contributed by atoms with Gasteiger partial charge in [0.15, 0.2) is 0 Å². The molecule has 0 aromatic rings. The molecule has 0 N–H and O–H groups in total. The molecule has 0 radical (unpaired) electrons. The third kappa shape index (κ3) is 3.35. The van der Waals surface area contributed by atoms with Crippen molar-refractivity contribution in [3.8, 4) is 0 Å². The zero-order valence-corrected chi connectivity index (χ0v) is 7.18. The second-order valence-corrected chi connectivity index (χ2v) is 3.38. The fourth-order valence-electron chi connectivity index (χ4n) is 1.59. The normalized spacial score (nSPS) is 24.6. The minimum atomic E-state index is 0.321. The third-order valence-electron chi connectivity index (χ3n) is 2.15. The maximum atomic E-state index is 10.8. The van der Waals surface area contributed by atoms with Gasteiger partial charge in [-0.05, 0) is 32.1 Å². The van der Waals surface area contributed by atoms with Crippen molar-refractivity contribution >= 4 is 5.78 Å². The second kappa shape index (κ2) is 4.32. The van der Waals surface area contributed by atoms with Crippen molar-refractivity contribution in [1.82, 2.24) is 0 Å². The molecule has 0 fully saturated rings. The minimum absolute atomic E-state index is 0.321. The fraction of sp³-hybridized carbons (Fsp3) is 0.700. The number of carbonyl (C=O) groups is 1. The first-order valence-electron chi connectivity index (χ1n) is 4.45. The van der Waals surface area contributed by atoms with Crippen molar-refractivity contribution in [2.45, 2.75) is 39.0 Å². The molecule has 1 heteroatoms. The summed E-state index contributed by atoms with van der Waals surface area (Å²) in [4.78, 5) is 10.8. The Balaban J connectivity index is 2.36. The molecule has 0 aromatic heterocycles. The number of hydrogen-bond donors (Lipinski definition) is 0. The third-order valence-corrected chi connectivity index (χ3v) is 2.15. The van der Waals surface area contributed by atoms with E-state index in [0.717, 1.165) is 6.42 Å². The van der Waals surface area contributed by atoms with Crippen molar-refractivity contribution < 1.29 is 4.79 Å². The van der Waals surface area contributed by atoms with Crippen LogP contribution in [0.25, 0.3) is 0 Å². The van der Waals surface area contributed by atoms with Crippen LogP contribution in [0.4, 0.5) is 0 Å². The first-order valence-corrected chi connectivity index (χ1v) is 4.45. The Morgan fingerprint density at radius 3 is 3.09 bits per heavy atom. The zero-order valence-electron chi connectivity index (χ0n) is 7.18. The summed E-state index contributed by atoms with van der Waals surface area (Å²) in [5.74, 6) is 0.858. The van der Waals surface area contributed by atoms with Gasteiger partial charge in [0.05, 0.1) is 0 Å². The summed E-state index contributed by atoms with van der Waals surface area (Å²) >= 11 is 0. The molecule has 11 heavy (non-hydrogen) atoms. The molecular weight excluding hydrogens is 136 g/mol. The predicted molar refractivity (Wildman–Crippen MR) is 46.4 cm³/mol. The highest BCUT2D eigenvalue weighted by Gasteiger charge is 2.08. The van der Waals surface area contributed by atoms with Gasteiger partial charge in [-0.3, -0.25) is 0 Å². The number of Topliss-reactive ketones (excluding diaryl/α,β-unsaturated/α-hetero) is 1. The quantitative estimate of drug-likeness (QED) is 0.556. The molecule has 0 spiro atoms. The van der Waals surface area contributed by atoms with Gasteiger partial charge in [0.1, 0.15) is 5.78 Å². The van der Waals surface area contributed by atoms with E-state index in [0.29, 0.717) is 11.7 Å². The van der Waals surface area contributed by atoms with Crippen molar-refractivity contribution in [2.24, 2.45) is 5.92 Å². The summed E-state index contributed by atoms with van der Waals surface area (Å²) in [7, 11) is 0. The molecule has 1 aliphatic rings. The van der Waals surface area contributed by atoms with Gasteiger partial charge in [0.2, 0.25) is 0 Å². The van der Waals surface area contributed by atoms with Crippen molar-refractivity contribution in [3.63, 3.8) is 0 Å². The van der Waals surface area contributed by atoms with Crippen LogP contribution in [0.2, 0.25) is 0 Å². The lowest BCUT2D eigenvalue weighted by Gasteiger charge is -2.06. The predicted octanol–water partition coefficient (Wildman–Crippen LogP) is 2.71. The topological polar surface area (TPSA) is 17.1 Å². The van der Waals surface area contributed by atoms with Gasteiger partial charge in [0, 0.05) is 6.42 Å². The Morgan fingerprint density at radius 1 is 1.55 bits per heavy atom. The minimum Gasteiger partial charge on any atom is -0.300 e. The summed E-state index contributed by atoms with van der Waals surface area (Å²) < 4.78 is 0. The summed E-state index contributed by atoms with van der Waals surface area (Å²) in [6, 6.07) is 0. The number of ketones is 1. The number of allylic oxidation sites excluding steroid dienone is 2. The van der Waals surface area contributed by atoms with E-state index in [9.17, 15) is 4.79 Å². The van der Waals surface area contributed by atoms with Crippen LogP contribution in [-0.4, -0.2) is 5.78 Å². The number of hydrogen-bond acceptors (Lipinski definition) is 1. The second-order valence-electron chi connectivity index (χ2n) is 3.38. The lowest BCUT2D eigenvalue weighted by Crippen LogP contribution is -2.01. The monoisotopic (exact) mass is 152 g/mol. The molecule has 1 aliphatic carbocycles. The van der Waals surface area contributed by atoms with Crippen molar-refractivity contribution in [1.29, 1.82) is 0 Å². The molecule has 0 saturated heterocycles. The molecule has 0 heterocycles. The average molecular weight is 152 g/mol. The first-order chi connectivity index (χ1) is 5.29. The van der Waals surface area contributed by atoms with E-state index in [2.05, 4.69) is 12.2 Å². The molecule has 62 valence electrons. The Labute approximate surface area is 68.5 Å². The molecular formula is C10H16O. The van der Waals surface area contributed by atoms with Crippen LogP contribution >= 0.6 is 0 Å². The van der Waals surface area contributed by atoms with E-state index in [4.69, 9.17) is 0 Å². The number of rotatable bonds is 2. The molecule has 1 atom stereocenters. The van der Waals surface area contributed by atoms with E-state index >= 15 is 0 Å². The van der Waals surface area contributed by atoms with E-state index in [1.54, 1.807) is 6.92 Å². The molecule has 0 bridgehead atoms. The Hall–Kier alpha value is -0.590. The molecule has 0 aliphatic heterocycles. The van der Waals surface area contributed by atoms with Crippen LogP contribution in [0.15, 0.2) is 12.2 Å². The Morgan fingerprint density at radius 2 is 2.36 bits per heavy atom. The zero-order chi connectivity index (χ0) is 8.10. The van der Waals surface area contributed by atoms with Crippen LogP contribution < -0.4 is 0 Å². The van der Waals surface area contributed by atoms with Crippen LogP contribution in [-0.2, 0) is 4.79 Å². The van der Waals surface area contributed by atoms with Gasteiger partial charge >= 0.3 is 0 Å². The summed E-state index contributed by atoms with van der Waals surface area (Å²) in [5.41, 5.74) is 0. The summed E-state index contributed by atoms with van der Waals surface area (Å²) in [5, 5.41) is 0. The van der Waals surface area contributed by atoms with Gasteiger partial charge in [-0.2, -0.15) is 0 Å². The standard InChI is InChI=1S/C10H16O/c1-9(11)8-10-6-4-2-3-5-7-10/h4,6,10H,2-3,5,7-8H2,1H3/t10-/m1/s1. The van der Waals surface area contributed by atoms with E-state index < -0.39 is 0 Å². The van der Waals surface area contributed by atoms with Crippen molar-refractivity contribution in [2.75, 3.05) is 0 Å². The lowest BCUT2D eigenvalue weighted by molar-refractivity contribution is -0.117. The van der Waals surface area contributed by atoms with Gasteiger partial charge in [-0.25, -0.2) is 0 Å². The Kier molecular flexibility index (Phi) is 3.34. The molecule has 1 rings (SSSR count). The average Bonchev–Trinajstić information content (AvgIpc) is 2.14. The van der Waals surface area contributed by atoms with E-state index in [-0.39, 0.29) is 0 Å².